The summed E-state index contributed by atoms with van der Waals surface area (Å²) >= 11 is 1.31. The third-order valence-electron chi connectivity index (χ3n) is 3.65. The van der Waals surface area contributed by atoms with Crippen molar-refractivity contribution in [2.75, 3.05) is 6.26 Å². The SMILES string of the molecule is CSc1cccc(F)c1C(=O)N[C@@H](C)[C@H](O)Cc1ccccc1. The summed E-state index contributed by atoms with van der Waals surface area (Å²) in [5.74, 6) is -1.06. The fraction of sp³-hybridized carbons (Fsp3) is 0.278. The van der Waals surface area contributed by atoms with Crippen molar-refractivity contribution in [1.82, 2.24) is 5.32 Å². The number of thioether (sulfide) groups is 1. The van der Waals surface area contributed by atoms with Crippen molar-refractivity contribution in [2.24, 2.45) is 0 Å². The predicted octanol–water partition coefficient (Wildman–Crippen LogP) is 3.27. The highest BCUT2D eigenvalue weighted by Gasteiger charge is 2.21. The number of carbonyl (C=O) groups is 1. The highest BCUT2D eigenvalue weighted by atomic mass is 32.2. The van der Waals surface area contributed by atoms with Gasteiger partial charge < -0.3 is 10.4 Å². The van der Waals surface area contributed by atoms with Gasteiger partial charge in [-0.25, -0.2) is 4.39 Å². The van der Waals surface area contributed by atoms with E-state index in [1.807, 2.05) is 30.3 Å². The van der Waals surface area contributed by atoms with Gasteiger partial charge in [-0.05, 0) is 30.9 Å². The van der Waals surface area contributed by atoms with E-state index in [2.05, 4.69) is 5.32 Å². The summed E-state index contributed by atoms with van der Waals surface area (Å²) in [4.78, 5) is 12.9. The normalized spacial score (nSPS) is 13.4. The standard InChI is InChI=1S/C18H20FNO2S/c1-12(15(21)11-13-7-4-3-5-8-13)20-18(22)17-14(19)9-6-10-16(17)23-2/h3-10,12,15,21H,11H2,1-2H3,(H,20,22)/t12-,15+/m0/s1. The number of carbonyl (C=O) groups excluding carboxylic acids is 1. The van der Waals surface area contributed by atoms with Crippen LogP contribution >= 0.6 is 11.8 Å². The van der Waals surface area contributed by atoms with Crippen LogP contribution in [-0.2, 0) is 6.42 Å². The number of nitrogens with one attached hydrogen (secondary N) is 1. The summed E-state index contributed by atoms with van der Waals surface area (Å²) < 4.78 is 13.9. The Morgan fingerprint density at radius 2 is 1.91 bits per heavy atom. The number of halogens is 1. The molecule has 0 spiro atoms. The monoisotopic (exact) mass is 333 g/mol. The molecule has 0 aliphatic carbocycles. The lowest BCUT2D eigenvalue weighted by Crippen LogP contribution is -2.42. The zero-order chi connectivity index (χ0) is 16.8. The van der Waals surface area contributed by atoms with E-state index < -0.39 is 23.9 Å². The number of amides is 1. The van der Waals surface area contributed by atoms with Gasteiger partial charge in [-0.15, -0.1) is 11.8 Å². The molecule has 0 saturated carbocycles. The van der Waals surface area contributed by atoms with Crippen molar-refractivity contribution < 1.29 is 14.3 Å². The number of benzene rings is 2. The second-order valence-corrected chi connectivity index (χ2v) is 6.18. The van der Waals surface area contributed by atoms with Crippen molar-refractivity contribution in [1.29, 1.82) is 0 Å². The molecule has 0 radical (unpaired) electrons. The van der Waals surface area contributed by atoms with Gasteiger partial charge in [0, 0.05) is 11.3 Å². The molecule has 5 heteroatoms. The second-order valence-electron chi connectivity index (χ2n) is 5.34. The number of aliphatic hydroxyl groups is 1. The molecule has 0 heterocycles. The van der Waals surface area contributed by atoms with Crippen LogP contribution < -0.4 is 5.32 Å². The summed E-state index contributed by atoms with van der Waals surface area (Å²) in [7, 11) is 0. The molecule has 0 aliphatic rings. The smallest absolute Gasteiger partial charge is 0.255 e. The Balaban J connectivity index is 2.05. The van der Waals surface area contributed by atoms with Crippen LogP contribution in [0.3, 0.4) is 0 Å². The Morgan fingerprint density at radius 1 is 1.22 bits per heavy atom. The molecule has 2 rings (SSSR count). The van der Waals surface area contributed by atoms with Crippen LogP contribution in [0.5, 0.6) is 0 Å². The molecule has 23 heavy (non-hydrogen) atoms. The van der Waals surface area contributed by atoms with Crippen molar-refractivity contribution >= 4 is 17.7 Å². The molecule has 3 nitrogen and oxygen atoms in total. The maximum atomic E-state index is 13.9. The molecule has 2 N–H and O–H groups in total. The van der Waals surface area contributed by atoms with Crippen LogP contribution in [0.4, 0.5) is 4.39 Å². The maximum absolute atomic E-state index is 13.9. The van der Waals surface area contributed by atoms with Crippen LogP contribution in [-0.4, -0.2) is 29.4 Å². The Labute approximate surface area is 139 Å². The van der Waals surface area contributed by atoms with Crippen LogP contribution in [0.1, 0.15) is 22.8 Å². The first-order chi connectivity index (χ1) is 11.0. The molecule has 122 valence electrons. The summed E-state index contributed by atoms with van der Waals surface area (Å²) in [5.41, 5.74) is 1.01. The molecular weight excluding hydrogens is 313 g/mol. The van der Waals surface area contributed by atoms with E-state index in [1.54, 1.807) is 25.3 Å². The highest BCUT2D eigenvalue weighted by Crippen LogP contribution is 2.23. The van der Waals surface area contributed by atoms with Crippen molar-refractivity contribution in [2.45, 2.75) is 30.4 Å². The minimum absolute atomic E-state index is 0.0266. The zero-order valence-electron chi connectivity index (χ0n) is 13.1. The van der Waals surface area contributed by atoms with E-state index in [9.17, 15) is 14.3 Å². The fourth-order valence-corrected chi connectivity index (χ4v) is 2.91. The van der Waals surface area contributed by atoms with E-state index in [4.69, 9.17) is 0 Å². The average molecular weight is 333 g/mol. The summed E-state index contributed by atoms with van der Waals surface area (Å²) in [6.07, 6.45) is 1.47. The van der Waals surface area contributed by atoms with Crippen molar-refractivity contribution in [3.8, 4) is 0 Å². The van der Waals surface area contributed by atoms with Crippen LogP contribution in [0.15, 0.2) is 53.4 Å². The average Bonchev–Trinajstić information content (AvgIpc) is 2.55. The van der Waals surface area contributed by atoms with Gasteiger partial charge in [-0.2, -0.15) is 0 Å². The van der Waals surface area contributed by atoms with Crippen molar-refractivity contribution in [3.63, 3.8) is 0 Å². The zero-order valence-corrected chi connectivity index (χ0v) is 13.9. The molecule has 0 fully saturated rings. The van der Waals surface area contributed by atoms with Gasteiger partial charge in [-0.3, -0.25) is 4.79 Å². The molecule has 0 aliphatic heterocycles. The quantitative estimate of drug-likeness (QED) is 0.798. The number of hydrogen-bond donors (Lipinski definition) is 2. The fourth-order valence-electron chi connectivity index (χ4n) is 2.30. The topological polar surface area (TPSA) is 49.3 Å². The Kier molecular flexibility index (Phi) is 6.19. The van der Waals surface area contributed by atoms with Gasteiger partial charge in [-0.1, -0.05) is 36.4 Å². The largest absolute Gasteiger partial charge is 0.391 e. The van der Waals surface area contributed by atoms with Crippen LogP contribution in [0.25, 0.3) is 0 Å². The lowest BCUT2D eigenvalue weighted by atomic mass is 10.0. The third-order valence-corrected chi connectivity index (χ3v) is 4.43. The third kappa shape index (κ3) is 4.56. The lowest BCUT2D eigenvalue weighted by Gasteiger charge is -2.21. The number of hydrogen-bond acceptors (Lipinski definition) is 3. The minimum Gasteiger partial charge on any atom is -0.391 e. The maximum Gasteiger partial charge on any atom is 0.255 e. The molecule has 1 amide bonds. The van der Waals surface area contributed by atoms with Gasteiger partial charge in [0.1, 0.15) is 5.82 Å². The van der Waals surface area contributed by atoms with Crippen molar-refractivity contribution in [3.05, 3.63) is 65.5 Å². The van der Waals surface area contributed by atoms with Gasteiger partial charge in [0.15, 0.2) is 0 Å². The Hall–Kier alpha value is -1.85. The first-order valence-corrected chi connectivity index (χ1v) is 8.60. The first-order valence-electron chi connectivity index (χ1n) is 7.38. The molecule has 2 aromatic rings. The predicted molar refractivity (Wildman–Crippen MR) is 91.3 cm³/mol. The van der Waals surface area contributed by atoms with E-state index >= 15 is 0 Å². The molecule has 2 aromatic carbocycles. The van der Waals surface area contributed by atoms with Crippen LogP contribution in [0.2, 0.25) is 0 Å². The molecular formula is C18H20FNO2S. The first kappa shape index (κ1) is 17.5. The van der Waals surface area contributed by atoms with Crippen LogP contribution in [0, 0.1) is 5.82 Å². The second kappa shape index (κ2) is 8.13. The van der Waals surface area contributed by atoms with E-state index in [0.717, 1.165) is 5.56 Å². The Bertz CT molecular complexity index is 663. The minimum atomic E-state index is -0.745. The summed E-state index contributed by atoms with van der Waals surface area (Å²) in [6.45, 7) is 1.71. The van der Waals surface area contributed by atoms with Gasteiger partial charge in [0.05, 0.1) is 17.7 Å². The molecule has 0 unspecified atom stereocenters. The molecule has 0 aromatic heterocycles. The Morgan fingerprint density at radius 3 is 2.57 bits per heavy atom. The summed E-state index contributed by atoms with van der Waals surface area (Å²) in [6, 6.07) is 13.6. The van der Waals surface area contributed by atoms with E-state index in [-0.39, 0.29) is 5.56 Å². The molecule has 2 atom stereocenters. The lowest BCUT2D eigenvalue weighted by molar-refractivity contribution is 0.0845. The molecule has 0 bridgehead atoms. The van der Waals surface area contributed by atoms with Gasteiger partial charge in [0.2, 0.25) is 0 Å². The van der Waals surface area contributed by atoms with E-state index in [1.165, 1.54) is 17.8 Å². The van der Waals surface area contributed by atoms with Gasteiger partial charge in [0.25, 0.3) is 5.91 Å². The van der Waals surface area contributed by atoms with E-state index in [0.29, 0.717) is 11.3 Å². The van der Waals surface area contributed by atoms with Gasteiger partial charge >= 0.3 is 0 Å². The highest BCUT2D eigenvalue weighted by molar-refractivity contribution is 7.98. The number of aliphatic hydroxyl groups excluding tert-OH is 1. The molecule has 0 saturated heterocycles. The summed E-state index contributed by atoms with van der Waals surface area (Å²) in [5, 5.41) is 12.9. The number of rotatable bonds is 6.